The van der Waals surface area contributed by atoms with Gasteiger partial charge in [0.1, 0.15) is 17.1 Å². The van der Waals surface area contributed by atoms with Gasteiger partial charge < -0.3 is 15.8 Å². The Hall–Kier alpha value is -3.41. The fraction of sp³-hybridized carbons (Fsp3) is 0.100. The number of rotatable bonds is 7. The minimum absolute atomic E-state index is 0.285. The Morgan fingerprint density at radius 3 is 2.62 bits per heavy atom. The van der Waals surface area contributed by atoms with Gasteiger partial charge in [0, 0.05) is 18.3 Å². The first-order chi connectivity index (χ1) is 12.5. The number of amides is 1. The summed E-state index contributed by atoms with van der Waals surface area (Å²) in [5, 5.41) is 8.86. The zero-order valence-corrected chi connectivity index (χ0v) is 14.5. The summed E-state index contributed by atoms with van der Waals surface area (Å²) in [6.07, 6.45) is 4.93. The lowest BCUT2D eigenvalue weighted by Crippen LogP contribution is -2.40. The summed E-state index contributed by atoms with van der Waals surface area (Å²) in [5.74, 6) is -0.352. The van der Waals surface area contributed by atoms with Gasteiger partial charge in [0.2, 0.25) is 5.71 Å². The number of allylic oxidation sites excluding steroid dienone is 1. The molecule has 2 rings (SSSR count). The predicted molar refractivity (Wildman–Crippen MR) is 101 cm³/mol. The monoisotopic (exact) mass is 354 g/mol. The number of nitrogens with two attached hydrogens (primary N) is 2. The highest BCUT2D eigenvalue weighted by Crippen LogP contribution is 2.29. The number of carbonyl (C=O) groups is 1. The number of nitrogens with one attached hydrogen (secondary N) is 1. The van der Waals surface area contributed by atoms with Crippen molar-refractivity contribution in [2.75, 3.05) is 19.4 Å². The number of halogens is 1. The van der Waals surface area contributed by atoms with Gasteiger partial charge in [-0.1, -0.05) is 18.2 Å². The Labute approximate surface area is 151 Å². The molecule has 0 atom stereocenters. The highest BCUT2D eigenvalue weighted by Gasteiger charge is 2.22. The molecule has 5 nitrogen and oxygen atoms in total. The molecule has 6 heteroatoms. The van der Waals surface area contributed by atoms with Crippen LogP contribution in [0.4, 0.5) is 10.1 Å². The van der Waals surface area contributed by atoms with Crippen LogP contribution in [-0.4, -0.2) is 25.3 Å². The normalized spacial score (nSPS) is 10.5. The maximum Gasteiger partial charge on any atom is 0.255 e. The second-order valence-electron chi connectivity index (χ2n) is 5.45. The largest absolute Gasteiger partial charge is 0.495 e. The number of hydrogen-bond acceptors (Lipinski definition) is 3. The van der Waals surface area contributed by atoms with E-state index in [1.54, 1.807) is 42.5 Å². The van der Waals surface area contributed by atoms with Gasteiger partial charge in [0.05, 0.1) is 12.7 Å². The molecule has 0 heterocycles. The fourth-order valence-corrected chi connectivity index (χ4v) is 2.39. The minimum Gasteiger partial charge on any atom is -0.495 e. The fourth-order valence-electron chi connectivity index (χ4n) is 2.39. The lowest BCUT2D eigenvalue weighted by molar-refractivity contribution is -0.110. The molecule has 2 aromatic rings. The molecule has 1 amide bonds. The molecule has 26 heavy (non-hydrogen) atoms. The van der Waals surface area contributed by atoms with Gasteiger partial charge in [-0.2, -0.15) is 0 Å². The van der Waals surface area contributed by atoms with E-state index >= 15 is 0 Å². The summed E-state index contributed by atoms with van der Waals surface area (Å²) in [6.45, 7) is 3.89. The van der Waals surface area contributed by atoms with Crippen molar-refractivity contribution in [3.05, 3.63) is 77.6 Å². The van der Waals surface area contributed by atoms with E-state index in [1.807, 2.05) is 0 Å². The van der Waals surface area contributed by atoms with Crippen LogP contribution in [0.1, 0.15) is 21.5 Å². The van der Waals surface area contributed by atoms with E-state index in [0.29, 0.717) is 29.1 Å². The van der Waals surface area contributed by atoms with Crippen molar-refractivity contribution in [2.45, 2.75) is 0 Å². The second-order valence-corrected chi connectivity index (χ2v) is 5.45. The molecule has 0 unspecified atom stereocenters. The van der Waals surface area contributed by atoms with Gasteiger partial charge in [0.15, 0.2) is 0 Å². The van der Waals surface area contributed by atoms with Gasteiger partial charge in [-0.25, -0.2) is 4.39 Å². The van der Waals surface area contributed by atoms with E-state index < -0.39 is 0 Å². The molecular weight excluding hydrogens is 333 g/mol. The van der Waals surface area contributed by atoms with Crippen molar-refractivity contribution in [3.8, 4) is 5.75 Å². The first kappa shape index (κ1) is 18.9. The maximum absolute atomic E-state index is 13.0. The molecular formula is C20H21FN3O2+. The second kappa shape index (κ2) is 8.62. The highest BCUT2D eigenvalue weighted by molar-refractivity contribution is 6.14. The van der Waals surface area contributed by atoms with Crippen LogP contribution in [0.5, 0.6) is 5.75 Å². The van der Waals surface area contributed by atoms with Gasteiger partial charge in [-0.05, 0) is 35.9 Å². The zero-order valence-electron chi connectivity index (χ0n) is 14.5. The Balaban J connectivity index is 2.37. The molecule has 0 aliphatic heterocycles. The van der Waals surface area contributed by atoms with Gasteiger partial charge in [-0.3, -0.25) is 10.2 Å². The van der Waals surface area contributed by atoms with E-state index in [4.69, 9.17) is 15.9 Å². The Bertz CT molecular complexity index is 858. The van der Waals surface area contributed by atoms with Crippen molar-refractivity contribution in [3.63, 3.8) is 0 Å². The van der Waals surface area contributed by atoms with Crippen molar-refractivity contribution in [2.24, 2.45) is 0 Å². The molecule has 134 valence electrons. The number of anilines is 1. The molecule has 0 radical (unpaired) electrons. The number of benzene rings is 2. The Morgan fingerprint density at radius 1 is 1.31 bits per heavy atom. The molecule has 0 aliphatic rings. The molecule has 0 spiro atoms. The number of nitrogen functional groups attached to an aromatic ring is 1. The third-order valence-corrected chi connectivity index (χ3v) is 3.66. The number of methoxy groups -OCH3 is 1. The summed E-state index contributed by atoms with van der Waals surface area (Å²) >= 11 is 0. The Morgan fingerprint density at radius 2 is 2.00 bits per heavy atom. The number of hydrogen-bond donors (Lipinski definition) is 3. The molecule has 0 aromatic heterocycles. The summed E-state index contributed by atoms with van der Waals surface area (Å²) in [4.78, 5) is 12.3. The first-order valence-electron chi connectivity index (χ1n) is 7.90. The quantitative estimate of drug-likeness (QED) is 0.401. The van der Waals surface area contributed by atoms with Gasteiger partial charge in [-0.15, -0.1) is 6.58 Å². The lowest BCUT2D eigenvalue weighted by atomic mass is 10.0. The highest BCUT2D eigenvalue weighted by atomic mass is 19.1. The van der Waals surface area contributed by atoms with Crippen molar-refractivity contribution < 1.29 is 19.3 Å². The van der Waals surface area contributed by atoms with Crippen molar-refractivity contribution in [1.29, 1.82) is 0 Å². The standard InChI is InChI=1S/C20H20FN3O2/c1-3-12-24-20(25)15-9-11-17(23)18(19(15)26-2)16(22)10-6-13-4-7-14(21)8-5-13/h3-11,22H,1,12,23H2,2H3,(H,24,25)/p+1/b10-6+,22-16?. The van der Waals surface area contributed by atoms with Crippen molar-refractivity contribution >= 4 is 23.4 Å². The van der Waals surface area contributed by atoms with Gasteiger partial charge in [0.25, 0.3) is 5.91 Å². The smallest absolute Gasteiger partial charge is 0.255 e. The zero-order chi connectivity index (χ0) is 19.1. The Kier molecular flexibility index (Phi) is 6.27. The van der Waals surface area contributed by atoms with E-state index in [-0.39, 0.29) is 17.5 Å². The lowest BCUT2D eigenvalue weighted by Gasteiger charge is -2.13. The third kappa shape index (κ3) is 4.36. The molecule has 0 bridgehead atoms. The van der Waals surface area contributed by atoms with E-state index in [0.717, 1.165) is 5.56 Å². The third-order valence-electron chi connectivity index (χ3n) is 3.66. The van der Waals surface area contributed by atoms with E-state index in [2.05, 4.69) is 11.9 Å². The van der Waals surface area contributed by atoms with Crippen LogP contribution in [0.25, 0.3) is 6.08 Å². The summed E-state index contributed by atoms with van der Waals surface area (Å²) in [7, 11) is 1.44. The summed E-state index contributed by atoms with van der Waals surface area (Å²) in [5.41, 5.74) is 8.26. The van der Waals surface area contributed by atoms with Gasteiger partial charge >= 0.3 is 0 Å². The molecule has 5 N–H and O–H groups in total. The average molecular weight is 354 g/mol. The van der Waals surface area contributed by atoms with E-state index in [9.17, 15) is 9.18 Å². The van der Waals surface area contributed by atoms with Crippen LogP contribution < -0.4 is 21.2 Å². The number of carbonyl (C=O) groups excluding carboxylic acids is 1. The molecule has 0 saturated heterocycles. The SMILES string of the molecule is C=CCNC(=O)c1ccc(N)c(C(=[NH2+])/C=C/c2ccc(F)cc2)c1OC. The maximum atomic E-state index is 13.0. The average Bonchev–Trinajstić information content (AvgIpc) is 2.64. The van der Waals surface area contributed by atoms with E-state index in [1.165, 1.54) is 19.2 Å². The molecule has 0 aliphatic carbocycles. The van der Waals surface area contributed by atoms with Crippen LogP contribution in [0.3, 0.4) is 0 Å². The van der Waals surface area contributed by atoms with Crippen LogP contribution in [-0.2, 0) is 0 Å². The van der Waals surface area contributed by atoms with Crippen LogP contribution >= 0.6 is 0 Å². The molecule has 2 aromatic carbocycles. The molecule has 0 fully saturated rings. The first-order valence-corrected chi connectivity index (χ1v) is 7.90. The molecule has 0 saturated carbocycles. The summed E-state index contributed by atoms with van der Waals surface area (Å²) in [6, 6.07) is 9.13. The minimum atomic E-state index is -0.321. The predicted octanol–water partition coefficient (Wildman–Crippen LogP) is 1.59. The van der Waals surface area contributed by atoms with Crippen LogP contribution in [0.15, 0.2) is 55.1 Å². The topological polar surface area (TPSA) is 89.9 Å². The van der Waals surface area contributed by atoms with Crippen LogP contribution in [0, 0.1) is 5.82 Å². The van der Waals surface area contributed by atoms with Crippen molar-refractivity contribution in [1.82, 2.24) is 5.32 Å². The number of ether oxygens (including phenoxy) is 1. The summed E-state index contributed by atoms with van der Waals surface area (Å²) < 4.78 is 18.4. The van der Waals surface area contributed by atoms with Crippen LogP contribution in [0.2, 0.25) is 0 Å².